The van der Waals surface area contributed by atoms with Crippen LogP contribution in [0.25, 0.3) is 0 Å². The Labute approximate surface area is 145 Å². The fourth-order valence-corrected chi connectivity index (χ4v) is 3.26. The van der Waals surface area contributed by atoms with Gasteiger partial charge in [-0.2, -0.15) is 0 Å². The minimum absolute atomic E-state index is 0.258. The van der Waals surface area contributed by atoms with E-state index in [0.717, 1.165) is 50.4 Å². The van der Waals surface area contributed by atoms with E-state index in [2.05, 4.69) is 20.5 Å². The summed E-state index contributed by atoms with van der Waals surface area (Å²) in [5.41, 5.74) is 1.97. The molecule has 1 aliphatic heterocycles. The second-order valence-electron chi connectivity index (χ2n) is 5.67. The fraction of sp³-hybridized carbons (Fsp3) is 0.412. The average molecular weight is 346 g/mol. The molecule has 1 saturated heterocycles. The maximum absolute atomic E-state index is 11.8. The van der Waals surface area contributed by atoms with E-state index in [-0.39, 0.29) is 6.61 Å². The molecule has 2 heterocycles. The zero-order valence-corrected chi connectivity index (χ0v) is 14.3. The third kappa shape index (κ3) is 5.30. The Balaban J connectivity index is 1.40. The third-order valence-electron chi connectivity index (χ3n) is 3.87. The predicted octanol–water partition coefficient (Wildman–Crippen LogP) is 2.34. The molecule has 1 aromatic heterocycles. The molecule has 1 amide bonds. The molecule has 0 radical (unpaired) electrons. The SMILES string of the molecule is O=C(Nc1nc(CCN2CCNCC2)cs1)OCc1ccccc1. The Kier molecular flexibility index (Phi) is 6.17. The van der Waals surface area contributed by atoms with Gasteiger partial charge in [-0.3, -0.25) is 5.32 Å². The maximum atomic E-state index is 11.8. The fourth-order valence-electron chi connectivity index (χ4n) is 2.53. The summed E-state index contributed by atoms with van der Waals surface area (Å²) in [6, 6.07) is 9.61. The highest BCUT2D eigenvalue weighted by molar-refractivity contribution is 7.13. The van der Waals surface area contributed by atoms with Crippen LogP contribution in [-0.2, 0) is 17.8 Å². The molecule has 7 heteroatoms. The standard InChI is InChI=1S/C17H22N4O2S/c22-17(23-12-14-4-2-1-3-5-14)20-16-19-15(13-24-16)6-9-21-10-7-18-8-11-21/h1-5,13,18H,6-12H2,(H,19,20,22). The van der Waals surface area contributed by atoms with Crippen LogP contribution >= 0.6 is 11.3 Å². The van der Waals surface area contributed by atoms with E-state index in [1.165, 1.54) is 11.3 Å². The summed E-state index contributed by atoms with van der Waals surface area (Å²) in [6.45, 7) is 5.54. The van der Waals surface area contributed by atoms with Crippen molar-refractivity contribution in [2.24, 2.45) is 0 Å². The first-order valence-corrected chi connectivity index (χ1v) is 9.03. The van der Waals surface area contributed by atoms with E-state index in [1.807, 2.05) is 35.7 Å². The first-order chi connectivity index (χ1) is 11.8. The number of benzene rings is 1. The lowest BCUT2D eigenvalue weighted by Gasteiger charge is -2.26. The van der Waals surface area contributed by atoms with Gasteiger partial charge in [-0.05, 0) is 5.56 Å². The highest BCUT2D eigenvalue weighted by atomic mass is 32.1. The number of rotatable bonds is 6. The minimum Gasteiger partial charge on any atom is -0.444 e. The topological polar surface area (TPSA) is 66.5 Å². The van der Waals surface area contributed by atoms with Gasteiger partial charge in [0.15, 0.2) is 5.13 Å². The molecule has 0 spiro atoms. The monoisotopic (exact) mass is 346 g/mol. The van der Waals surface area contributed by atoms with Gasteiger partial charge in [0.2, 0.25) is 0 Å². The second kappa shape index (κ2) is 8.77. The van der Waals surface area contributed by atoms with E-state index in [1.54, 1.807) is 0 Å². The first-order valence-electron chi connectivity index (χ1n) is 8.15. The normalized spacial score (nSPS) is 15.2. The number of ether oxygens (including phenoxy) is 1. The summed E-state index contributed by atoms with van der Waals surface area (Å²) < 4.78 is 5.20. The molecule has 1 aromatic carbocycles. The van der Waals surface area contributed by atoms with Gasteiger partial charge in [0.25, 0.3) is 0 Å². The Bertz CT molecular complexity index is 641. The number of hydrogen-bond acceptors (Lipinski definition) is 6. The molecular weight excluding hydrogens is 324 g/mol. The van der Waals surface area contributed by atoms with Crippen molar-refractivity contribution in [3.8, 4) is 0 Å². The molecular formula is C17H22N4O2S. The number of aromatic nitrogens is 1. The van der Waals surface area contributed by atoms with E-state index in [4.69, 9.17) is 4.74 Å². The molecule has 1 fully saturated rings. The molecule has 1 aliphatic rings. The summed E-state index contributed by atoms with van der Waals surface area (Å²) in [5.74, 6) is 0. The Morgan fingerprint density at radius 1 is 1.29 bits per heavy atom. The summed E-state index contributed by atoms with van der Waals surface area (Å²) in [6.07, 6.45) is 0.430. The van der Waals surface area contributed by atoms with Gasteiger partial charge in [0.1, 0.15) is 6.61 Å². The van der Waals surface area contributed by atoms with Crippen molar-refractivity contribution in [1.82, 2.24) is 15.2 Å². The number of carbonyl (C=O) groups excluding carboxylic acids is 1. The molecule has 3 rings (SSSR count). The van der Waals surface area contributed by atoms with Crippen LogP contribution in [0.3, 0.4) is 0 Å². The van der Waals surface area contributed by atoms with Crippen LogP contribution in [0, 0.1) is 0 Å². The number of nitrogens with one attached hydrogen (secondary N) is 2. The number of nitrogens with zero attached hydrogens (tertiary/aromatic N) is 2. The van der Waals surface area contributed by atoms with Crippen LogP contribution in [0.1, 0.15) is 11.3 Å². The van der Waals surface area contributed by atoms with Gasteiger partial charge in [-0.25, -0.2) is 9.78 Å². The molecule has 0 bridgehead atoms. The Hall–Kier alpha value is -1.96. The summed E-state index contributed by atoms with van der Waals surface area (Å²) in [7, 11) is 0. The van der Waals surface area contributed by atoms with Crippen LogP contribution in [0.4, 0.5) is 9.93 Å². The molecule has 24 heavy (non-hydrogen) atoms. The summed E-state index contributed by atoms with van der Waals surface area (Å²) >= 11 is 1.43. The van der Waals surface area contributed by atoms with E-state index < -0.39 is 6.09 Å². The Morgan fingerprint density at radius 2 is 2.08 bits per heavy atom. The summed E-state index contributed by atoms with van der Waals surface area (Å²) in [4.78, 5) is 18.7. The van der Waals surface area contributed by atoms with Gasteiger partial charge in [-0.1, -0.05) is 30.3 Å². The number of thiazole rings is 1. The van der Waals surface area contributed by atoms with Crippen molar-refractivity contribution in [2.75, 3.05) is 38.0 Å². The number of amides is 1. The lowest BCUT2D eigenvalue weighted by atomic mass is 10.2. The van der Waals surface area contributed by atoms with Crippen LogP contribution in [0.15, 0.2) is 35.7 Å². The van der Waals surface area contributed by atoms with Gasteiger partial charge in [0, 0.05) is 44.5 Å². The van der Waals surface area contributed by atoms with E-state index in [9.17, 15) is 4.79 Å². The number of piperazine rings is 1. The molecule has 0 aliphatic carbocycles. The molecule has 2 N–H and O–H groups in total. The highest BCUT2D eigenvalue weighted by Gasteiger charge is 2.11. The molecule has 2 aromatic rings. The number of anilines is 1. The average Bonchev–Trinajstić information content (AvgIpc) is 3.07. The van der Waals surface area contributed by atoms with Crippen molar-refractivity contribution in [1.29, 1.82) is 0 Å². The minimum atomic E-state index is -0.471. The molecule has 0 atom stereocenters. The van der Waals surface area contributed by atoms with Crippen LogP contribution < -0.4 is 10.6 Å². The molecule has 6 nitrogen and oxygen atoms in total. The molecule has 128 valence electrons. The quantitative estimate of drug-likeness (QED) is 0.840. The van der Waals surface area contributed by atoms with Gasteiger partial charge < -0.3 is 15.0 Å². The smallest absolute Gasteiger partial charge is 0.413 e. The van der Waals surface area contributed by atoms with Gasteiger partial charge >= 0.3 is 6.09 Å². The van der Waals surface area contributed by atoms with Crippen LogP contribution in [0.2, 0.25) is 0 Å². The van der Waals surface area contributed by atoms with E-state index in [0.29, 0.717) is 5.13 Å². The van der Waals surface area contributed by atoms with Crippen molar-refractivity contribution in [2.45, 2.75) is 13.0 Å². The van der Waals surface area contributed by atoms with Gasteiger partial charge in [0.05, 0.1) is 5.69 Å². The highest BCUT2D eigenvalue weighted by Crippen LogP contribution is 2.16. The van der Waals surface area contributed by atoms with Crippen molar-refractivity contribution in [3.05, 3.63) is 47.0 Å². The van der Waals surface area contributed by atoms with Crippen LogP contribution in [-0.4, -0.2) is 48.7 Å². The first kappa shape index (κ1) is 16.9. The van der Waals surface area contributed by atoms with E-state index >= 15 is 0 Å². The molecule has 0 saturated carbocycles. The third-order valence-corrected chi connectivity index (χ3v) is 4.67. The zero-order chi connectivity index (χ0) is 16.6. The number of carbonyl (C=O) groups is 1. The van der Waals surface area contributed by atoms with Gasteiger partial charge in [-0.15, -0.1) is 11.3 Å². The van der Waals surface area contributed by atoms with Crippen molar-refractivity contribution < 1.29 is 9.53 Å². The lowest BCUT2D eigenvalue weighted by molar-refractivity contribution is 0.155. The largest absolute Gasteiger partial charge is 0.444 e. The van der Waals surface area contributed by atoms with Crippen molar-refractivity contribution in [3.63, 3.8) is 0 Å². The van der Waals surface area contributed by atoms with Crippen LogP contribution in [0.5, 0.6) is 0 Å². The van der Waals surface area contributed by atoms with Crippen molar-refractivity contribution >= 4 is 22.6 Å². The number of hydrogen-bond donors (Lipinski definition) is 2. The predicted molar refractivity (Wildman–Crippen MR) is 95.4 cm³/mol. The lowest BCUT2D eigenvalue weighted by Crippen LogP contribution is -2.44. The summed E-state index contributed by atoms with van der Waals surface area (Å²) in [5, 5.41) is 8.62. The zero-order valence-electron chi connectivity index (χ0n) is 13.5. The maximum Gasteiger partial charge on any atom is 0.413 e. The molecule has 0 unspecified atom stereocenters. The Morgan fingerprint density at radius 3 is 2.88 bits per heavy atom. The second-order valence-corrected chi connectivity index (χ2v) is 6.53.